The van der Waals surface area contributed by atoms with Crippen molar-refractivity contribution in [2.24, 2.45) is 5.73 Å². The van der Waals surface area contributed by atoms with Crippen LogP contribution < -0.4 is 16.7 Å². The van der Waals surface area contributed by atoms with Gasteiger partial charge in [-0.15, -0.1) is 0 Å². The molecule has 1 heterocycles. The van der Waals surface area contributed by atoms with Crippen molar-refractivity contribution in [3.05, 3.63) is 69.3 Å². The smallest absolute Gasteiger partial charge is 0.349 e. The minimum atomic E-state index is -0.553. The molecular weight excluding hydrogens is 340 g/mol. The Labute approximate surface area is 160 Å². The molecule has 0 unspecified atom stereocenters. The van der Waals surface area contributed by atoms with Gasteiger partial charge in [0.1, 0.15) is 11.3 Å². The monoisotopic (exact) mass is 368 g/mol. The zero-order chi connectivity index (χ0) is 19.2. The molecule has 3 rings (SSSR count). The maximum atomic E-state index is 12.6. The first-order valence-corrected chi connectivity index (χ1v) is 9.77. The molecule has 2 aromatic rings. The van der Waals surface area contributed by atoms with Crippen LogP contribution in [0.15, 0.2) is 45.6 Å². The number of nitrogens with one attached hydrogen (secondary N) is 1. The zero-order valence-corrected chi connectivity index (χ0v) is 15.9. The molecule has 1 aromatic carbocycles. The number of benzene rings is 1. The summed E-state index contributed by atoms with van der Waals surface area (Å²) in [6.45, 7) is 1.79. The lowest BCUT2D eigenvalue weighted by atomic mass is 9.91. The lowest BCUT2D eigenvalue weighted by Crippen LogP contribution is -2.43. The standard InChI is InChI=1S/C22H28N2O3/c1-15-13-19(12-5-9-16-7-3-2-4-8-16)27-22(26)20(15)21(25)24-18-11-6-10-17(23)14-18/h2-4,7-8,13,17-18H,5-6,9-12,14,23H2,1H3,(H,24,25)/t17-,18-/m1/s1. The van der Waals surface area contributed by atoms with E-state index in [-0.39, 0.29) is 23.6 Å². The summed E-state index contributed by atoms with van der Waals surface area (Å²) < 4.78 is 5.42. The average Bonchev–Trinajstić information content (AvgIpc) is 2.62. The molecule has 0 aliphatic heterocycles. The van der Waals surface area contributed by atoms with Crippen LogP contribution in [0, 0.1) is 6.92 Å². The van der Waals surface area contributed by atoms with Crippen LogP contribution in [-0.4, -0.2) is 18.0 Å². The van der Waals surface area contributed by atoms with Crippen molar-refractivity contribution in [3.63, 3.8) is 0 Å². The molecule has 0 radical (unpaired) electrons. The summed E-state index contributed by atoms with van der Waals surface area (Å²) in [5.41, 5.74) is 7.46. The fourth-order valence-electron chi connectivity index (χ4n) is 3.80. The molecule has 1 aliphatic carbocycles. The molecule has 1 aromatic heterocycles. The van der Waals surface area contributed by atoms with Gasteiger partial charge in [0.15, 0.2) is 0 Å². The van der Waals surface area contributed by atoms with Gasteiger partial charge in [0.05, 0.1) is 0 Å². The van der Waals surface area contributed by atoms with Gasteiger partial charge in [0, 0.05) is 18.5 Å². The fraction of sp³-hybridized carbons (Fsp3) is 0.455. The summed E-state index contributed by atoms with van der Waals surface area (Å²) >= 11 is 0. The Hall–Kier alpha value is -2.40. The fourth-order valence-corrected chi connectivity index (χ4v) is 3.80. The van der Waals surface area contributed by atoms with Crippen molar-refractivity contribution in [3.8, 4) is 0 Å². The molecule has 2 atom stereocenters. The van der Waals surface area contributed by atoms with E-state index in [1.54, 1.807) is 6.92 Å². The number of hydrogen-bond donors (Lipinski definition) is 2. The highest BCUT2D eigenvalue weighted by Crippen LogP contribution is 2.18. The van der Waals surface area contributed by atoms with E-state index in [9.17, 15) is 9.59 Å². The Kier molecular flexibility index (Phi) is 6.45. The SMILES string of the molecule is Cc1cc(CCCc2ccccc2)oc(=O)c1C(=O)N[C@@H]1CCC[C@@H](N)C1. The summed E-state index contributed by atoms with van der Waals surface area (Å²) in [5.74, 6) is 0.279. The van der Waals surface area contributed by atoms with Crippen LogP contribution in [0.2, 0.25) is 0 Å². The first-order chi connectivity index (χ1) is 13.0. The van der Waals surface area contributed by atoms with Crippen molar-refractivity contribution >= 4 is 5.91 Å². The third-order valence-electron chi connectivity index (χ3n) is 5.21. The second kappa shape index (κ2) is 9.00. The summed E-state index contributed by atoms with van der Waals surface area (Å²) in [6, 6.07) is 12.2. The summed E-state index contributed by atoms with van der Waals surface area (Å²) in [4.78, 5) is 24.9. The molecule has 1 fully saturated rings. The van der Waals surface area contributed by atoms with Gasteiger partial charge in [-0.25, -0.2) is 4.79 Å². The second-order valence-corrected chi connectivity index (χ2v) is 7.49. The number of amides is 1. The minimum absolute atomic E-state index is 0.0330. The van der Waals surface area contributed by atoms with Gasteiger partial charge in [-0.3, -0.25) is 4.79 Å². The normalized spacial score (nSPS) is 19.6. The van der Waals surface area contributed by atoms with E-state index in [4.69, 9.17) is 10.2 Å². The predicted molar refractivity (Wildman–Crippen MR) is 106 cm³/mol. The molecule has 5 heteroatoms. The van der Waals surface area contributed by atoms with Crippen LogP contribution in [0.3, 0.4) is 0 Å². The van der Waals surface area contributed by atoms with Crippen LogP contribution in [0.25, 0.3) is 0 Å². The van der Waals surface area contributed by atoms with Gasteiger partial charge >= 0.3 is 5.63 Å². The van der Waals surface area contributed by atoms with E-state index in [2.05, 4.69) is 17.4 Å². The van der Waals surface area contributed by atoms with Crippen molar-refractivity contribution in [2.75, 3.05) is 0 Å². The molecule has 27 heavy (non-hydrogen) atoms. The Morgan fingerprint density at radius 3 is 2.70 bits per heavy atom. The van der Waals surface area contributed by atoms with Crippen LogP contribution >= 0.6 is 0 Å². The molecule has 1 aliphatic rings. The summed E-state index contributed by atoms with van der Waals surface area (Å²) in [7, 11) is 0. The lowest BCUT2D eigenvalue weighted by molar-refractivity contribution is 0.0920. The van der Waals surface area contributed by atoms with Crippen molar-refractivity contribution in [1.29, 1.82) is 0 Å². The van der Waals surface area contributed by atoms with E-state index in [1.165, 1.54) is 5.56 Å². The van der Waals surface area contributed by atoms with Gasteiger partial charge < -0.3 is 15.5 Å². The topological polar surface area (TPSA) is 85.3 Å². The second-order valence-electron chi connectivity index (χ2n) is 7.49. The van der Waals surface area contributed by atoms with Crippen LogP contribution in [-0.2, 0) is 12.8 Å². The van der Waals surface area contributed by atoms with Gasteiger partial charge in [0.25, 0.3) is 5.91 Å². The average molecular weight is 368 g/mol. The molecule has 144 valence electrons. The van der Waals surface area contributed by atoms with Crippen molar-refractivity contribution < 1.29 is 9.21 Å². The number of carbonyl (C=O) groups excluding carboxylic acids is 1. The number of carbonyl (C=O) groups is 1. The number of aryl methyl sites for hydroxylation is 3. The molecule has 1 amide bonds. The highest BCUT2D eigenvalue weighted by Gasteiger charge is 2.24. The largest absolute Gasteiger partial charge is 0.427 e. The molecule has 0 spiro atoms. The molecule has 3 N–H and O–H groups in total. The molecule has 5 nitrogen and oxygen atoms in total. The van der Waals surface area contributed by atoms with Gasteiger partial charge in [-0.2, -0.15) is 0 Å². The maximum absolute atomic E-state index is 12.6. The maximum Gasteiger partial charge on any atom is 0.349 e. The highest BCUT2D eigenvalue weighted by molar-refractivity contribution is 5.95. The summed E-state index contributed by atoms with van der Waals surface area (Å²) in [6.07, 6.45) is 6.14. The number of rotatable bonds is 6. The van der Waals surface area contributed by atoms with E-state index >= 15 is 0 Å². The zero-order valence-electron chi connectivity index (χ0n) is 15.9. The van der Waals surface area contributed by atoms with E-state index < -0.39 is 5.63 Å². The van der Waals surface area contributed by atoms with Gasteiger partial charge in [-0.05, 0) is 62.6 Å². The van der Waals surface area contributed by atoms with E-state index in [0.29, 0.717) is 17.7 Å². The van der Waals surface area contributed by atoms with Crippen LogP contribution in [0.5, 0.6) is 0 Å². The Balaban J connectivity index is 1.62. The molecule has 0 saturated heterocycles. The van der Waals surface area contributed by atoms with Crippen molar-refractivity contribution in [2.45, 2.75) is 64.0 Å². The van der Waals surface area contributed by atoms with E-state index in [1.807, 2.05) is 24.3 Å². The first kappa shape index (κ1) is 19.4. The number of hydrogen-bond acceptors (Lipinski definition) is 4. The van der Waals surface area contributed by atoms with E-state index in [0.717, 1.165) is 38.5 Å². The lowest BCUT2D eigenvalue weighted by Gasteiger charge is -2.27. The molecular formula is C22H28N2O3. The molecule has 1 saturated carbocycles. The van der Waals surface area contributed by atoms with Crippen LogP contribution in [0.1, 0.15) is 59.3 Å². The Morgan fingerprint density at radius 2 is 2.00 bits per heavy atom. The quantitative estimate of drug-likeness (QED) is 0.820. The first-order valence-electron chi connectivity index (χ1n) is 9.77. The van der Waals surface area contributed by atoms with Gasteiger partial charge in [0.2, 0.25) is 0 Å². The number of nitrogens with two attached hydrogens (primary N) is 1. The third kappa shape index (κ3) is 5.30. The Bertz CT molecular complexity index is 829. The van der Waals surface area contributed by atoms with Gasteiger partial charge in [-0.1, -0.05) is 30.3 Å². The van der Waals surface area contributed by atoms with Crippen molar-refractivity contribution in [1.82, 2.24) is 5.32 Å². The predicted octanol–water partition coefficient (Wildman–Crippen LogP) is 3.12. The highest BCUT2D eigenvalue weighted by atomic mass is 16.4. The Morgan fingerprint density at radius 1 is 1.22 bits per heavy atom. The summed E-state index contributed by atoms with van der Waals surface area (Å²) in [5, 5.41) is 2.95. The minimum Gasteiger partial charge on any atom is -0.427 e. The van der Waals surface area contributed by atoms with Crippen LogP contribution in [0.4, 0.5) is 0 Å². The molecule has 0 bridgehead atoms. The third-order valence-corrected chi connectivity index (χ3v) is 5.21.